The minimum Gasteiger partial charge on any atom is -0.496 e. The van der Waals surface area contributed by atoms with Crippen molar-refractivity contribution in [1.82, 2.24) is 14.9 Å². The number of hydrogen-bond donors (Lipinski definition) is 1. The first-order valence-corrected chi connectivity index (χ1v) is 9.61. The quantitative estimate of drug-likeness (QED) is 0.593. The summed E-state index contributed by atoms with van der Waals surface area (Å²) in [5, 5.41) is 2.65. The third kappa shape index (κ3) is 4.33. The van der Waals surface area contributed by atoms with Gasteiger partial charge in [0.1, 0.15) is 11.8 Å². The van der Waals surface area contributed by atoms with Crippen LogP contribution in [-0.2, 0) is 17.5 Å². The van der Waals surface area contributed by atoms with Crippen LogP contribution in [-0.4, -0.2) is 22.6 Å². The van der Waals surface area contributed by atoms with Gasteiger partial charge in [-0.25, -0.2) is 4.98 Å². The number of halogens is 4. The van der Waals surface area contributed by atoms with Crippen LogP contribution in [0.2, 0.25) is 0 Å². The summed E-state index contributed by atoms with van der Waals surface area (Å²) in [5.41, 5.74) is -2.16. The Bertz CT molecular complexity index is 1160. The lowest BCUT2D eigenvalue weighted by atomic mass is 10.2. The number of ether oxygens (including phenoxy) is 1. The Hall–Kier alpha value is -2.88. The van der Waals surface area contributed by atoms with Crippen molar-refractivity contribution in [2.45, 2.75) is 25.7 Å². The molecule has 0 radical (unpaired) electrons. The summed E-state index contributed by atoms with van der Waals surface area (Å²) in [6.45, 7) is 1.43. The predicted molar refractivity (Wildman–Crippen MR) is 108 cm³/mol. The number of para-hydroxylation sites is 2. The first-order valence-electron chi connectivity index (χ1n) is 8.82. The molecule has 1 amide bonds. The van der Waals surface area contributed by atoms with Crippen molar-refractivity contribution in [1.29, 1.82) is 0 Å². The molecule has 0 aliphatic rings. The van der Waals surface area contributed by atoms with Crippen molar-refractivity contribution in [3.8, 4) is 5.75 Å². The molecular weight excluding hydrogens is 467 g/mol. The molecule has 0 bridgehead atoms. The molecule has 0 saturated heterocycles. The van der Waals surface area contributed by atoms with E-state index in [0.29, 0.717) is 11.3 Å². The molecule has 2 aromatic carbocycles. The minimum atomic E-state index is -4.94. The SMILES string of the molecule is COc1ccc(Br)cc1CNC(=O)[C@H](C)n1c(=O)c(C(F)(F)F)nc2ccccc21. The van der Waals surface area contributed by atoms with Gasteiger partial charge in [-0.3, -0.25) is 14.2 Å². The maximum absolute atomic E-state index is 13.3. The molecule has 1 N–H and O–H groups in total. The summed E-state index contributed by atoms with van der Waals surface area (Å²) in [4.78, 5) is 28.8. The Labute approximate surface area is 177 Å². The van der Waals surface area contributed by atoms with Crippen LogP contribution in [0, 0.1) is 0 Å². The Kier molecular flexibility index (Phi) is 6.16. The molecule has 158 valence electrons. The topological polar surface area (TPSA) is 73.2 Å². The highest BCUT2D eigenvalue weighted by Crippen LogP contribution is 2.27. The second kappa shape index (κ2) is 8.47. The van der Waals surface area contributed by atoms with E-state index in [1.165, 1.54) is 32.2 Å². The second-order valence-corrected chi connectivity index (χ2v) is 7.39. The number of fused-ring (bicyclic) bond motifs is 1. The van der Waals surface area contributed by atoms with Crippen LogP contribution in [0.5, 0.6) is 5.75 Å². The van der Waals surface area contributed by atoms with Crippen molar-refractivity contribution in [2.75, 3.05) is 7.11 Å². The molecule has 3 rings (SSSR count). The van der Waals surface area contributed by atoms with Crippen LogP contribution >= 0.6 is 15.9 Å². The van der Waals surface area contributed by atoms with Gasteiger partial charge in [-0.1, -0.05) is 28.1 Å². The standard InChI is InChI=1S/C20H17BrF3N3O3/c1-11(18(28)25-10-12-9-13(21)7-8-16(12)30-2)27-15-6-4-3-5-14(15)26-17(19(27)29)20(22,23)24/h3-9,11H,10H2,1-2H3,(H,25,28)/t11-/m0/s1. The van der Waals surface area contributed by atoms with Crippen molar-refractivity contribution in [3.05, 3.63) is 68.5 Å². The normalized spacial score (nSPS) is 12.6. The summed E-state index contributed by atoms with van der Waals surface area (Å²) >= 11 is 3.33. The maximum atomic E-state index is 13.3. The highest BCUT2D eigenvalue weighted by atomic mass is 79.9. The van der Waals surface area contributed by atoms with E-state index in [0.717, 1.165) is 9.04 Å². The second-order valence-electron chi connectivity index (χ2n) is 6.47. The fraction of sp³-hybridized carbons (Fsp3) is 0.250. The molecule has 30 heavy (non-hydrogen) atoms. The Morgan fingerprint density at radius 2 is 1.97 bits per heavy atom. The molecule has 1 heterocycles. The summed E-state index contributed by atoms with van der Waals surface area (Å²) < 4.78 is 46.8. The molecule has 1 aromatic heterocycles. The zero-order valence-corrected chi connectivity index (χ0v) is 17.5. The van der Waals surface area contributed by atoms with Gasteiger partial charge in [-0.05, 0) is 37.3 Å². The van der Waals surface area contributed by atoms with E-state index in [1.54, 1.807) is 24.3 Å². The van der Waals surface area contributed by atoms with Crippen molar-refractivity contribution < 1.29 is 22.7 Å². The largest absolute Gasteiger partial charge is 0.496 e. The minimum absolute atomic E-state index is 0.0299. The molecule has 0 spiro atoms. The number of rotatable bonds is 5. The van der Waals surface area contributed by atoms with Crippen LogP contribution < -0.4 is 15.6 Å². The fourth-order valence-electron chi connectivity index (χ4n) is 3.06. The van der Waals surface area contributed by atoms with Crippen molar-refractivity contribution >= 4 is 32.9 Å². The van der Waals surface area contributed by atoms with Gasteiger partial charge in [0.25, 0.3) is 5.56 Å². The molecule has 0 aliphatic heterocycles. The van der Waals surface area contributed by atoms with E-state index in [-0.39, 0.29) is 17.6 Å². The molecule has 0 saturated carbocycles. The van der Waals surface area contributed by atoms with E-state index in [1.807, 2.05) is 0 Å². The summed E-state index contributed by atoms with van der Waals surface area (Å²) in [5.74, 6) is -0.0827. The average molecular weight is 484 g/mol. The predicted octanol–water partition coefficient (Wildman–Crippen LogP) is 4.06. The van der Waals surface area contributed by atoms with E-state index in [2.05, 4.69) is 26.2 Å². The zero-order valence-electron chi connectivity index (χ0n) is 16.0. The number of nitrogens with zero attached hydrogens (tertiary/aromatic N) is 2. The number of amides is 1. The van der Waals surface area contributed by atoms with Gasteiger partial charge in [0, 0.05) is 16.6 Å². The number of benzene rings is 2. The number of carbonyl (C=O) groups excluding carboxylic acids is 1. The van der Waals surface area contributed by atoms with Gasteiger partial charge >= 0.3 is 6.18 Å². The van der Waals surface area contributed by atoms with E-state index in [4.69, 9.17) is 4.74 Å². The van der Waals surface area contributed by atoms with Gasteiger partial charge in [0.05, 0.1) is 18.1 Å². The summed E-state index contributed by atoms with van der Waals surface area (Å²) in [6.07, 6.45) is -4.94. The first-order chi connectivity index (χ1) is 14.1. The molecule has 6 nitrogen and oxygen atoms in total. The highest BCUT2D eigenvalue weighted by molar-refractivity contribution is 9.10. The van der Waals surface area contributed by atoms with Gasteiger partial charge in [0.15, 0.2) is 0 Å². The van der Waals surface area contributed by atoms with Crippen LogP contribution in [0.1, 0.15) is 24.2 Å². The first kappa shape index (κ1) is 21.8. The van der Waals surface area contributed by atoms with E-state index < -0.39 is 29.4 Å². The monoisotopic (exact) mass is 483 g/mol. The van der Waals surface area contributed by atoms with Crippen LogP contribution in [0.15, 0.2) is 51.7 Å². The zero-order chi connectivity index (χ0) is 22.1. The molecule has 0 fully saturated rings. The number of carbonyl (C=O) groups is 1. The number of alkyl halides is 3. The number of aromatic nitrogens is 2. The van der Waals surface area contributed by atoms with Crippen molar-refractivity contribution in [3.63, 3.8) is 0 Å². The molecule has 1 atom stereocenters. The fourth-order valence-corrected chi connectivity index (χ4v) is 3.46. The summed E-state index contributed by atoms with van der Waals surface area (Å²) in [7, 11) is 1.48. The van der Waals surface area contributed by atoms with E-state index in [9.17, 15) is 22.8 Å². The van der Waals surface area contributed by atoms with Gasteiger partial charge in [-0.2, -0.15) is 13.2 Å². The lowest BCUT2D eigenvalue weighted by Gasteiger charge is -2.19. The Morgan fingerprint density at radius 1 is 1.27 bits per heavy atom. The molecule has 10 heteroatoms. The number of methoxy groups -OCH3 is 1. The van der Waals surface area contributed by atoms with Crippen molar-refractivity contribution in [2.24, 2.45) is 0 Å². The molecular formula is C20H17BrF3N3O3. The molecule has 0 unspecified atom stereocenters. The average Bonchev–Trinajstić information content (AvgIpc) is 2.70. The highest BCUT2D eigenvalue weighted by Gasteiger charge is 2.38. The number of hydrogen-bond acceptors (Lipinski definition) is 4. The van der Waals surface area contributed by atoms with Gasteiger partial charge in [-0.15, -0.1) is 0 Å². The Morgan fingerprint density at radius 3 is 2.63 bits per heavy atom. The molecule has 3 aromatic rings. The lowest BCUT2D eigenvalue weighted by molar-refractivity contribution is -0.142. The van der Waals surface area contributed by atoms with Crippen LogP contribution in [0.3, 0.4) is 0 Å². The lowest BCUT2D eigenvalue weighted by Crippen LogP contribution is -2.39. The Balaban J connectivity index is 1.97. The maximum Gasteiger partial charge on any atom is 0.438 e. The van der Waals surface area contributed by atoms with Crippen LogP contribution in [0.4, 0.5) is 13.2 Å². The molecule has 0 aliphatic carbocycles. The third-order valence-electron chi connectivity index (χ3n) is 4.53. The summed E-state index contributed by atoms with van der Waals surface area (Å²) in [6, 6.07) is 9.91. The van der Waals surface area contributed by atoms with E-state index >= 15 is 0 Å². The van der Waals surface area contributed by atoms with Gasteiger partial charge in [0.2, 0.25) is 11.6 Å². The number of nitrogens with one attached hydrogen (secondary N) is 1. The van der Waals surface area contributed by atoms with Gasteiger partial charge < -0.3 is 10.1 Å². The van der Waals surface area contributed by atoms with Crippen LogP contribution in [0.25, 0.3) is 11.0 Å². The third-order valence-corrected chi connectivity index (χ3v) is 5.02. The smallest absolute Gasteiger partial charge is 0.438 e.